The molecule has 1 heterocycles. The molecule has 0 bridgehead atoms. The molecule has 0 aliphatic carbocycles. The van der Waals surface area contributed by atoms with E-state index in [-0.39, 0.29) is 0 Å². The maximum Gasteiger partial charge on any atom is 0.0399 e. The van der Waals surface area contributed by atoms with Gasteiger partial charge in [-0.15, -0.1) is 0 Å². The van der Waals surface area contributed by atoms with Gasteiger partial charge in [0.25, 0.3) is 0 Å². The van der Waals surface area contributed by atoms with Crippen LogP contribution in [-0.4, -0.2) is 25.7 Å². The number of nitrogens with one attached hydrogen (secondary N) is 1. The zero-order valence-electron chi connectivity index (χ0n) is 11.8. The van der Waals surface area contributed by atoms with Crippen LogP contribution in [0.4, 0.5) is 5.69 Å². The van der Waals surface area contributed by atoms with Crippen LogP contribution in [0.15, 0.2) is 24.3 Å². The molecule has 2 heteroatoms. The highest BCUT2D eigenvalue weighted by Crippen LogP contribution is 2.25. The molecule has 2 nitrogen and oxygen atoms in total. The molecule has 0 radical (unpaired) electrons. The van der Waals surface area contributed by atoms with Crippen molar-refractivity contribution in [3.8, 4) is 0 Å². The molecule has 1 atom stereocenters. The Morgan fingerprint density at radius 3 is 2.94 bits per heavy atom. The number of nitrogens with zero attached hydrogens (tertiary/aromatic N) is 1. The van der Waals surface area contributed by atoms with E-state index in [1.165, 1.54) is 43.5 Å². The summed E-state index contributed by atoms with van der Waals surface area (Å²) in [5.74, 6) is 0. The molecule has 0 fully saturated rings. The van der Waals surface area contributed by atoms with E-state index in [0.717, 1.165) is 13.1 Å². The summed E-state index contributed by atoms with van der Waals surface area (Å²) < 4.78 is 0. The third-order valence-electron chi connectivity index (χ3n) is 3.69. The van der Waals surface area contributed by atoms with Crippen LogP contribution >= 0.6 is 0 Å². The first-order valence-electron chi connectivity index (χ1n) is 7.37. The van der Waals surface area contributed by atoms with Crippen LogP contribution < -0.4 is 10.2 Å². The molecule has 0 saturated carbocycles. The van der Waals surface area contributed by atoms with Gasteiger partial charge in [0.05, 0.1) is 0 Å². The highest BCUT2D eigenvalue weighted by molar-refractivity contribution is 5.54. The van der Waals surface area contributed by atoms with Gasteiger partial charge in [-0.25, -0.2) is 0 Å². The van der Waals surface area contributed by atoms with Crippen molar-refractivity contribution in [1.82, 2.24) is 5.32 Å². The number of hydrogen-bond acceptors (Lipinski definition) is 2. The third-order valence-corrected chi connectivity index (χ3v) is 3.69. The molecular formula is C16H26N2. The van der Waals surface area contributed by atoms with Crippen LogP contribution in [0.5, 0.6) is 0 Å². The summed E-state index contributed by atoms with van der Waals surface area (Å²) in [6, 6.07) is 9.48. The number of rotatable bonds is 5. The number of fused-ring (bicyclic) bond motifs is 1. The maximum absolute atomic E-state index is 3.59. The summed E-state index contributed by atoms with van der Waals surface area (Å²) in [7, 11) is 0. The molecule has 1 aromatic carbocycles. The Bertz CT molecular complexity index is 362. The Kier molecular flexibility index (Phi) is 5.06. The molecule has 2 rings (SSSR count). The minimum Gasteiger partial charge on any atom is -0.370 e. The quantitative estimate of drug-likeness (QED) is 0.858. The fourth-order valence-electron chi connectivity index (χ4n) is 2.74. The average molecular weight is 246 g/mol. The molecule has 1 aliphatic rings. The summed E-state index contributed by atoms with van der Waals surface area (Å²) in [5, 5.41) is 3.59. The van der Waals surface area contributed by atoms with Crippen LogP contribution in [0.2, 0.25) is 0 Å². The van der Waals surface area contributed by atoms with E-state index in [4.69, 9.17) is 0 Å². The van der Waals surface area contributed by atoms with Crippen molar-refractivity contribution in [2.45, 2.75) is 45.6 Å². The second kappa shape index (κ2) is 6.79. The molecule has 0 saturated heterocycles. The van der Waals surface area contributed by atoms with Gasteiger partial charge in [0.15, 0.2) is 0 Å². The van der Waals surface area contributed by atoms with E-state index in [1.54, 1.807) is 0 Å². The highest BCUT2D eigenvalue weighted by Gasteiger charge is 2.16. The molecule has 1 aromatic rings. The maximum atomic E-state index is 3.59. The van der Waals surface area contributed by atoms with Crippen molar-refractivity contribution < 1.29 is 0 Å². The number of para-hydroxylation sites is 1. The fourth-order valence-corrected chi connectivity index (χ4v) is 2.74. The van der Waals surface area contributed by atoms with Gasteiger partial charge in [-0.05, 0) is 50.8 Å². The van der Waals surface area contributed by atoms with E-state index in [1.807, 2.05) is 0 Å². The fraction of sp³-hybridized carbons (Fsp3) is 0.625. The lowest BCUT2D eigenvalue weighted by molar-refractivity contribution is 0.531. The number of benzene rings is 1. The van der Waals surface area contributed by atoms with Crippen LogP contribution in [0, 0.1) is 0 Å². The second-order valence-electron chi connectivity index (χ2n) is 5.39. The summed E-state index contributed by atoms with van der Waals surface area (Å²) in [6.07, 6.45) is 5.09. The topological polar surface area (TPSA) is 15.3 Å². The predicted molar refractivity (Wildman–Crippen MR) is 79.3 cm³/mol. The molecule has 0 spiro atoms. The number of anilines is 1. The van der Waals surface area contributed by atoms with Crippen molar-refractivity contribution in [2.24, 2.45) is 0 Å². The van der Waals surface area contributed by atoms with Crippen molar-refractivity contribution in [3.63, 3.8) is 0 Å². The summed E-state index contributed by atoms with van der Waals surface area (Å²) in [6.45, 7) is 7.97. The molecule has 0 aromatic heterocycles. The molecule has 0 amide bonds. The average Bonchev–Trinajstić information content (AvgIpc) is 2.59. The first-order chi connectivity index (χ1) is 8.81. The predicted octanol–water partition coefficient (Wildman–Crippen LogP) is 3.22. The lowest BCUT2D eigenvalue weighted by atomic mass is 10.1. The minimum atomic E-state index is 0.566. The van der Waals surface area contributed by atoms with Crippen molar-refractivity contribution in [3.05, 3.63) is 29.8 Å². The van der Waals surface area contributed by atoms with Gasteiger partial charge in [0.1, 0.15) is 0 Å². The van der Waals surface area contributed by atoms with Crippen molar-refractivity contribution >= 4 is 5.69 Å². The Morgan fingerprint density at radius 2 is 2.11 bits per heavy atom. The molecule has 1 unspecified atom stereocenters. The van der Waals surface area contributed by atoms with E-state index in [2.05, 4.69) is 48.3 Å². The Balaban J connectivity index is 2.03. The monoisotopic (exact) mass is 246 g/mol. The van der Waals surface area contributed by atoms with Crippen LogP contribution in [0.1, 0.15) is 38.7 Å². The van der Waals surface area contributed by atoms with Crippen LogP contribution in [-0.2, 0) is 6.42 Å². The largest absolute Gasteiger partial charge is 0.370 e. The Morgan fingerprint density at radius 1 is 1.28 bits per heavy atom. The van der Waals surface area contributed by atoms with Gasteiger partial charge in [-0.2, -0.15) is 0 Å². The van der Waals surface area contributed by atoms with Crippen LogP contribution in [0.3, 0.4) is 0 Å². The zero-order valence-corrected chi connectivity index (χ0v) is 11.8. The highest BCUT2D eigenvalue weighted by atomic mass is 15.2. The SMILES string of the molecule is CCCNC(C)CN1CCCCc2ccccc21. The van der Waals surface area contributed by atoms with Gasteiger partial charge < -0.3 is 10.2 Å². The first-order valence-corrected chi connectivity index (χ1v) is 7.37. The normalized spacial score (nSPS) is 17.1. The van der Waals surface area contributed by atoms with E-state index in [0.29, 0.717) is 6.04 Å². The molecule has 1 N–H and O–H groups in total. The smallest absolute Gasteiger partial charge is 0.0399 e. The minimum absolute atomic E-state index is 0.566. The number of aryl methyl sites for hydroxylation is 1. The van der Waals surface area contributed by atoms with E-state index < -0.39 is 0 Å². The lowest BCUT2D eigenvalue weighted by Gasteiger charge is -2.28. The molecule has 1 aliphatic heterocycles. The zero-order chi connectivity index (χ0) is 12.8. The third kappa shape index (κ3) is 3.49. The Hall–Kier alpha value is -1.02. The van der Waals surface area contributed by atoms with Gasteiger partial charge in [-0.1, -0.05) is 25.1 Å². The first kappa shape index (κ1) is 13.4. The standard InChI is InChI=1S/C16H26N2/c1-3-11-17-14(2)13-18-12-7-6-9-15-8-4-5-10-16(15)18/h4-5,8,10,14,17H,3,6-7,9,11-13H2,1-2H3. The summed E-state index contributed by atoms with van der Waals surface area (Å²) in [5.41, 5.74) is 2.98. The van der Waals surface area contributed by atoms with Crippen molar-refractivity contribution in [2.75, 3.05) is 24.5 Å². The summed E-state index contributed by atoms with van der Waals surface area (Å²) >= 11 is 0. The van der Waals surface area contributed by atoms with Crippen LogP contribution in [0.25, 0.3) is 0 Å². The second-order valence-corrected chi connectivity index (χ2v) is 5.39. The van der Waals surface area contributed by atoms with Gasteiger partial charge in [0, 0.05) is 24.8 Å². The van der Waals surface area contributed by atoms with E-state index >= 15 is 0 Å². The molecule has 100 valence electrons. The van der Waals surface area contributed by atoms with Gasteiger partial charge >= 0.3 is 0 Å². The summed E-state index contributed by atoms with van der Waals surface area (Å²) in [4.78, 5) is 2.57. The molecule has 18 heavy (non-hydrogen) atoms. The molecular weight excluding hydrogens is 220 g/mol. The lowest BCUT2D eigenvalue weighted by Crippen LogP contribution is -2.40. The Labute approximate surface area is 111 Å². The van der Waals surface area contributed by atoms with Gasteiger partial charge in [0.2, 0.25) is 0 Å². The van der Waals surface area contributed by atoms with Crippen molar-refractivity contribution in [1.29, 1.82) is 0 Å². The van der Waals surface area contributed by atoms with E-state index in [9.17, 15) is 0 Å². The van der Waals surface area contributed by atoms with Gasteiger partial charge in [-0.3, -0.25) is 0 Å². The number of hydrogen-bond donors (Lipinski definition) is 1.